The predicted molar refractivity (Wildman–Crippen MR) is 73.1 cm³/mol. The van der Waals surface area contributed by atoms with E-state index in [2.05, 4.69) is 26.0 Å². The maximum absolute atomic E-state index is 13.4. The van der Waals surface area contributed by atoms with E-state index in [-0.39, 0.29) is 5.82 Å². The first kappa shape index (κ1) is 14.1. The number of rotatable bonds is 5. The Balaban J connectivity index is 2.18. The molecule has 0 saturated heterocycles. The molecule has 0 aliphatic rings. The molecule has 0 fully saturated rings. The van der Waals surface area contributed by atoms with E-state index < -0.39 is 6.10 Å². The van der Waals surface area contributed by atoms with Crippen LogP contribution >= 0.6 is 15.9 Å². The highest BCUT2D eigenvalue weighted by atomic mass is 79.9. The summed E-state index contributed by atoms with van der Waals surface area (Å²) in [4.78, 5) is 4.14. The minimum absolute atomic E-state index is 0.295. The summed E-state index contributed by atoms with van der Waals surface area (Å²) < 4.78 is 15.5. The van der Waals surface area contributed by atoms with E-state index in [1.807, 2.05) is 6.92 Å². The number of aliphatic hydroxyl groups is 1. The monoisotopic (exact) mass is 327 g/mol. The Labute approximate surface area is 119 Å². The van der Waals surface area contributed by atoms with Gasteiger partial charge in [-0.05, 0) is 34.0 Å². The molecule has 0 aliphatic carbocycles. The topological polar surface area (TPSA) is 50.9 Å². The second-order valence-electron chi connectivity index (χ2n) is 4.26. The van der Waals surface area contributed by atoms with Gasteiger partial charge in [0.15, 0.2) is 0 Å². The van der Waals surface area contributed by atoms with Crippen molar-refractivity contribution < 1.29 is 9.50 Å². The lowest BCUT2D eigenvalue weighted by Crippen LogP contribution is -2.11. The van der Waals surface area contributed by atoms with Crippen molar-refractivity contribution >= 4 is 15.9 Å². The smallest absolute Gasteiger partial charge is 0.138 e. The fourth-order valence-electron chi connectivity index (χ4n) is 1.91. The SMILES string of the molecule is CCCn1ncnc1CC(O)c1cccc(F)c1Br. The van der Waals surface area contributed by atoms with Gasteiger partial charge in [0.05, 0.1) is 10.6 Å². The lowest BCUT2D eigenvalue weighted by Gasteiger charge is -2.13. The van der Waals surface area contributed by atoms with E-state index in [4.69, 9.17) is 0 Å². The van der Waals surface area contributed by atoms with Gasteiger partial charge < -0.3 is 5.11 Å². The van der Waals surface area contributed by atoms with Crippen molar-refractivity contribution in [3.05, 3.63) is 46.2 Å². The third kappa shape index (κ3) is 3.19. The standard InChI is InChI=1S/C13H15BrFN3O/c1-2-6-18-12(16-8-17-18)7-11(19)9-4-3-5-10(15)13(9)14/h3-5,8,11,19H,2,6-7H2,1H3. The van der Waals surface area contributed by atoms with Crippen LogP contribution in [0.1, 0.15) is 30.8 Å². The van der Waals surface area contributed by atoms with Crippen molar-refractivity contribution in [2.24, 2.45) is 0 Å². The first-order valence-electron chi connectivity index (χ1n) is 6.12. The zero-order chi connectivity index (χ0) is 13.8. The van der Waals surface area contributed by atoms with Gasteiger partial charge in [0.2, 0.25) is 0 Å². The molecule has 102 valence electrons. The Morgan fingerprint density at radius 1 is 1.47 bits per heavy atom. The molecule has 1 heterocycles. The molecule has 0 amide bonds. The van der Waals surface area contributed by atoms with Crippen molar-refractivity contribution in [3.8, 4) is 0 Å². The van der Waals surface area contributed by atoms with E-state index in [1.54, 1.807) is 16.8 Å². The largest absolute Gasteiger partial charge is 0.388 e. The Bertz CT molecular complexity index is 559. The lowest BCUT2D eigenvalue weighted by molar-refractivity contribution is 0.172. The van der Waals surface area contributed by atoms with Gasteiger partial charge in [-0.25, -0.2) is 9.37 Å². The number of benzene rings is 1. The second-order valence-corrected chi connectivity index (χ2v) is 5.06. The van der Waals surface area contributed by atoms with Gasteiger partial charge in [0.1, 0.15) is 18.0 Å². The Hall–Kier alpha value is -1.27. The lowest BCUT2D eigenvalue weighted by atomic mass is 10.1. The molecule has 1 aromatic heterocycles. The molecule has 2 aromatic rings. The van der Waals surface area contributed by atoms with Gasteiger partial charge >= 0.3 is 0 Å². The van der Waals surface area contributed by atoms with E-state index in [0.717, 1.165) is 13.0 Å². The van der Waals surface area contributed by atoms with Crippen LogP contribution in [0.15, 0.2) is 29.0 Å². The van der Waals surface area contributed by atoms with Crippen molar-refractivity contribution in [1.29, 1.82) is 0 Å². The summed E-state index contributed by atoms with van der Waals surface area (Å²) in [6.07, 6.45) is 1.90. The molecule has 1 unspecified atom stereocenters. The van der Waals surface area contributed by atoms with Gasteiger partial charge in [-0.1, -0.05) is 19.1 Å². The summed E-state index contributed by atoms with van der Waals surface area (Å²) in [6.45, 7) is 2.80. The third-order valence-corrected chi connectivity index (χ3v) is 3.68. The quantitative estimate of drug-likeness (QED) is 0.918. The van der Waals surface area contributed by atoms with E-state index in [0.29, 0.717) is 22.3 Å². The highest BCUT2D eigenvalue weighted by Crippen LogP contribution is 2.27. The molecular weight excluding hydrogens is 313 g/mol. The first-order chi connectivity index (χ1) is 9.13. The minimum Gasteiger partial charge on any atom is -0.388 e. The summed E-state index contributed by atoms with van der Waals surface area (Å²) >= 11 is 3.16. The van der Waals surface area contributed by atoms with Gasteiger partial charge in [-0.3, -0.25) is 4.68 Å². The number of aliphatic hydroxyl groups excluding tert-OH is 1. The van der Waals surface area contributed by atoms with Crippen molar-refractivity contribution in [3.63, 3.8) is 0 Å². The van der Waals surface area contributed by atoms with Gasteiger partial charge in [0.25, 0.3) is 0 Å². The summed E-state index contributed by atoms with van der Waals surface area (Å²) in [5.41, 5.74) is 0.519. The number of aromatic nitrogens is 3. The van der Waals surface area contributed by atoms with E-state index in [1.165, 1.54) is 12.4 Å². The predicted octanol–water partition coefficient (Wildman–Crippen LogP) is 2.87. The molecule has 19 heavy (non-hydrogen) atoms. The molecule has 2 rings (SSSR count). The number of hydrogen-bond acceptors (Lipinski definition) is 3. The number of aryl methyl sites for hydroxylation is 1. The van der Waals surface area contributed by atoms with Crippen molar-refractivity contribution in [1.82, 2.24) is 14.8 Å². The molecule has 1 N–H and O–H groups in total. The Morgan fingerprint density at radius 2 is 2.26 bits per heavy atom. The average molecular weight is 328 g/mol. The Morgan fingerprint density at radius 3 is 3.00 bits per heavy atom. The zero-order valence-corrected chi connectivity index (χ0v) is 12.1. The van der Waals surface area contributed by atoms with Crippen LogP contribution in [0.4, 0.5) is 4.39 Å². The molecule has 6 heteroatoms. The minimum atomic E-state index is -0.815. The maximum atomic E-state index is 13.4. The van der Waals surface area contributed by atoms with Crippen LogP contribution in [-0.4, -0.2) is 19.9 Å². The van der Waals surface area contributed by atoms with Gasteiger partial charge in [-0.15, -0.1) is 0 Å². The molecule has 0 radical (unpaired) electrons. The zero-order valence-electron chi connectivity index (χ0n) is 10.6. The van der Waals surface area contributed by atoms with Crippen LogP contribution in [0, 0.1) is 5.82 Å². The second kappa shape index (κ2) is 6.25. The highest BCUT2D eigenvalue weighted by molar-refractivity contribution is 9.10. The summed E-state index contributed by atoms with van der Waals surface area (Å²) in [5, 5.41) is 14.3. The number of halogens is 2. The maximum Gasteiger partial charge on any atom is 0.138 e. The van der Waals surface area contributed by atoms with Crippen LogP contribution in [0.2, 0.25) is 0 Å². The summed E-state index contributed by atoms with van der Waals surface area (Å²) in [5.74, 6) is 0.317. The molecule has 0 saturated carbocycles. The van der Waals surface area contributed by atoms with Gasteiger partial charge in [-0.2, -0.15) is 5.10 Å². The van der Waals surface area contributed by atoms with Crippen LogP contribution in [0.5, 0.6) is 0 Å². The fourth-order valence-corrected chi connectivity index (χ4v) is 2.43. The molecule has 1 atom stereocenters. The first-order valence-corrected chi connectivity index (χ1v) is 6.91. The fraction of sp³-hybridized carbons (Fsp3) is 0.385. The van der Waals surface area contributed by atoms with E-state index >= 15 is 0 Å². The summed E-state index contributed by atoms with van der Waals surface area (Å²) in [7, 11) is 0. The van der Waals surface area contributed by atoms with E-state index in [9.17, 15) is 9.50 Å². The normalized spacial score (nSPS) is 12.6. The van der Waals surface area contributed by atoms with Gasteiger partial charge in [0, 0.05) is 13.0 Å². The molecule has 4 nitrogen and oxygen atoms in total. The molecule has 1 aromatic carbocycles. The molecule has 0 spiro atoms. The Kier molecular flexibility index (Phi) is 4.66. The highest BCUT2D eigenvalue weighted by Gasteiger charge is 2.17. The molecule has 0 aliphatic heterocycles. The molecule has 0 bridgehead atoms. The van der Waals surface area contributed by atoms with Crippen LogP contribution < -0.4 is 0 Å². The number of hydrogen-bond donors (Lipinski definition) is 1. The van der Waals surface area contributed by atoms with Crippen LogP contribution in [0.25, 0.3) is 0 Å². The number of nitrogens with zero attached hydrogens (tertiary/aromatic N) is 3. The molecular formula is C13H15BrFN3O. The van der Waals surface area contributed by atoms with Crippen LogP contribution in [-0.2, 0) is 13.0 Å². The summed E-state index contributed by atoms with van der Waals surface area (Å²) in [6, 6.07) is 4.62. The van der Waals surface area contributed by atoms with Crippen molar-refractivity contribution in [2.75, 3.05) is 0 Å². The third-order valence-electron chi connectivity index (χ3n) is 2.85. The average Bonchev–Trinajstić information content (AvgIpc) is 2.80. The van der Waals surface area contributed by atoms with Crippen molar-refractivity contribution in [2.45, 2.75) is 32.4 Å². The van der Waals surface area contributed by atoms with Crippen LogP contribution in [0.3, 0.4) is 0 Å².